The van der Waals surface area contributed by atoms with Crippen LogP contribution in [-0.4, -0.2) is 4.57 Å². The van der Waals surface area contributed by atoms with Crippen LogP contribution in [0.15, 0.2) is 267 Å². The highest BCUT2D eigenvalue weighted by molar-refractivity contribution is 6.13. The molecule has 0 aliphatic carbocycles. The van der Waals surface area contributed by atoms with Gasteiger partial charge in [0.1, 0.15) is 0 Å². The van der Waals surface area contributed by atoms with Crippen molar-refractivity contribution < 1.29 is 0 Å². The van der Waals surface area contributed by atoms with E-state index in [2.05, 4.69) is 286 Å². The number of anilines is 9. The maximum Gasteiger partial charge on any atom is 0.0542 e. The lowest BCUT2D eigenvalue weighted by molar-refractivity contribution is 1.17. The van der Waals surface area contributed by atoms with Crippen LogP contribution in [0, 0.1) is 0 Å². The van der Waals surface area contributed by atoms with Gasteiger partial charge in [0.25, 0.3) is 0 Å². The van der Waals surface area contributed by atoms with Gasteiger partial charge in [-0.25, -0.2) is 0 Å². The van der Waals surface area contributed by atoms with Crippen molar-refractivity contribution in [1.29, 1.82) is 0 Å². The molecule has 0 amide bonds. The zero-order valence-electron chi connectivity index (χ0n) is 36.2. The third kappa shape index (κ3) is 6.89. The van der Waals surface area contributed by atoms with Gasteiger partial charge in [-0.05, 0) is 132 Å². The number of rotatable bonds is 10. The molecule has 4 nitrogen and oxygen atoms in total. The molecule has 0 aliphatic rings. The van der Waals surface area contributed by atoms with Crippen molar-refractivity contribution >= 4 is 94.5 Å². The number of benzene rings is 11. The molecule has 312 valence electrons. The molecule has 12 rings (SSSR count). The van der Waals surface area contributed by atoms with E-state index in [9.17, 15) is 0 Å². The van der Waals surface area contributed by atoms with Crippen molar-refractivity contribution in [2.75, 3.05) is 14.7 Å². The average molecular weight is 845 g/mol. The summed E-state index contributed by atoms with van der Waals surface area (Å²) < 4.78 is 2.42. The number of hydrogen-bond donors (Lipinski definition) is 0. The van der Waals surface area contributed by atoms with Crippen LogP contribution in [0.3, 0.4) is 0 Å². The Balaban J connectivity index is 1.09. The summed E-state index contributed by atoms with van der Waals surface area (Å²) in [6, 6.07) is 96.1. The summed E-state index contributed by atoms with van der Waals surface area (Å²) in [7, 11) is 0. The zero-order chi connectivity index (χ0) is 43.8. The molecule has 0 aliphatic heterocycles. The first-order chi connectivity index (χ1) is 32.8. The number of nitrogens with zero attached hydrogens (tertiary/aromatic N) is 4. The van der Waals surface area contributed by atoms with E-state index in [4.69, 9.17) is 0 Å². The van der Waals surface area contributed by atoms with E-state index in [0.29, 0.717) is 0 Å². The largest absolute Gasteiger partial charge is 0.311 e. The highest BCUT2D eigenvalue weighted by Gasteiger charge is 2.22. The Hall–Kier alpha value is -8.86. The van der Waals surface area contributed by atoms with Crippen LogP contribution < -0.4 is 14.7 Å². The fraction of sp³-hybridized carbons (Fsp3) is 0. The molecule has 0 atom stereocenters. The predicted molar refractivity (Wildman–Crippen MR) is 280 cm³/mol. The molecule has 0 saturated heterocycles. The minimum atomic E-state index is 1.08. The highest BCUT2D eigenvalue weighted by atomic mass is 15.2. The van der Waals surface area contributed by atoms with Crippen LogP contribution in [0.4, 0.5) is 51.2 Å². The number of para-hydroxylation sites is 4. The van der Waals surface area contributed by atoms with E-state index in [0.717, 1.165) is 78.7 Å². The molecule has 11 aromatic carbocycles. The quantitative estimate of drug-likeness (QED) is 0.136. The van der Waals surface area contributed by atoms with Gasteiger partial charge in [-0.1, -0.05) is 146 Å². The minimum Gasteiger partial charge on any atom is -0.311 e. The van der Waals surface area contributed by atoms with Gasteiger partial charge in [0.2, 0.25) is 0 Å². The molecule has 4 heteroatoms. The summed E-state index contributed by atoms with van der Waals surface area (Å²) >= 11 is 0. The van der Waals surface area contributed by atoms with Gasteiger partial charge in [-0.15, -0.1) is 0 Å². The summed E-state index contributed by atoms with van der Waals surface area (Å²) in [6.07, 6.45) is 0. The molecule has 66 heavy (non-hydrogen) atoms. The van der Waals surface area contributed by atoms with Crippen LogP contribution >= 0.6 is 0 Å². The second-order valence-electron chi connectivity index (χ2n) is 16.6. The van der Waals surface area contributed by atoms with Crippen LogP contribution in [0.2, 0.25) is 0 Å². The van der Waals surface area contributed by atoms with E-state index in [1.54, 1.807) is 0 Å². The fourth-order valence-electron chi connectivity index (χ4n) is 9.72. The van der Waals surface area contributed by atoms with Crippen molar-refractivity contribution in [1.82, 2.24) is 4.57 Å². The highest BCUT2D eigenvalue weighted by Crippen LogP contribution is 2.45. The van der Waals surface area contributed by atoms with Gasteiger partial charge in [0, 0.05) is 67.0 Å². The average Bonchev–Trinajstić information content (AvgIpc) is 3.71. The third-order valence-electron chi connectivity index (χ3n) is 12.7. The van der Waals surface area contributed by atoms with Gasteiger partial charge < -0.3 is 19.3 Å². The lowest BCUT2D eigenvalue weighted by Gasteiger charge is -2.27. The van der Waals surface area contributed by atoms with E-state index in [1.807, 2.05) is 0 Å². The van der Waals surface area contributed by atoms with Crippen LogP contribution in [0.5, 0.6) is 0 Å². The van der Waals surface area contributed by atoms with Crippen molar-refractivity contribution in [2.45, 2.75) is 0 Å². The minimum absolute atomic E-state index is 1.08. The van der Waals surface area contributed by atoms with Gasteiger partial charge in [0.05, 0.1) is 22.4 Å². The molecule has 0 unspecified atom stereocenters. The molecular formula is C62H44N4. The first kappa shape index (κ1) is 38.8. The maximum atomic E-state index is 2.42. The summed E-state index contributed by atoms with van der Waals surface area (Å²) in [5.74, 6) is 0. The smallest absolute Gasteiger partial charge is 0.0542 e. The third-order valence-corrected chi connectivity index (χ3v) is 12.7. The first-order valence-electron chi connectivity index (χ1n) is 22.5. The summed E-state index contributed by atoms with van der Waals surface area (Å²) in [5, 5.41) is 7.12. The Morgan fingerprint density at radius 1 is 0.227 bits per heavy atom. The van der Waals surface area contributed by atoms with Gasteiger partial charge >= 0.3 is 0 Å². The molecule has 0 N–H and O–H groups in total. The monoisotopic (exact) mass is 844 g/mol. The SMILES string of the molecule is c1ccc(N(c2ccccc2)c2ccc(-n3c4ccc(N(c5ccccc5)c5cccc6ccccc56)cc4c4cc(N(c5ccccc5)c5cccc6ccccc56)ccc43)cc2)cc1. The first-order valence-corrected chi connectivity index (χ1v) is 22.5. The van der Waals surface area contributed by atoms with Gasteiger partial charge in [0.15, 0.2) is 0 Å². The topological polar surface area (TPSA) is 14.7 Å². The van der Waals surface area contributed by atoms with Crippen molar-refractivity contribution in [3.05, 3.63) is 267 Å². The molecule has 1 aromatic heterocycles. The van der Waals surface area contributed by atoms with Crippen LogP contribution in [0.1, 0.15) is 0 Å². The van der Waals surface area contributed by atoms with Crippen LogP contribution in [-0.2, 0) is 0 Å². The second-order valence-corrected chi connectivity index (χ2v) is 16.6. The molecule has 0 fully saturated rings. The summed E-state index contributed by atoms with van der Waals surface area (Å²) in [6.45, 7) is 0. The van der Waals surface area contributed by atoms with Gasteiger partial charge in [-0.2, -0.15) is 0 Å². The molecule has 1 heterocycles. The fourth-order valence-corrected chi connectivity index (χ4v) is 9.72. The van der Waals surface area contributed by atoms with E-state index < -0.39 is 0 Å². The summed E-state index contributed by atoms with van der Waals surface area (Å²) in [5.41, 5.74) is 13.3. The molecule has 0 spiro atoms. The van der Waals surface area contributed by atoms with E-state index >= 15 is 0 Å². The van der Waals surface area contributed by atoms with Crippen molar-refractivity contribution in [3.63, 3.8) is 0 Å². The normalized spacial score (nSPS) is 11.3. The summed E-state index contributed by atoms with van der Waals surface area (Å²) in [4.78, 5) is 7.11. The van der Waals surface area contributed by atoms with Gasteiger partial charge in [-0.3, -0.25) is 0 Å². The lowest BCUT2D eigenvalue weighted by atomic mass is 10.0. The predicted octanol–water partition coefficient (Wildman–Crippen LogP) is 17.5. The zero-order valence-corrected chi connectivity index (χ0v) is 36.2. The molecule has 0 radical (unpaired) electrons. The number of aromatic nitrogens is 1. The van der Waals surface area contributed by atoms with Crippen molar-refractivity contribution in [3.8, 4) is 5.69 Å². The maximum absolute atomic E-state index is 2.42. The van der Waals surface area contributed by atoms with E-state index in [1.165, 1.54) is 21.5 Å². The molecule has 0 saturated carbocycles. The van der Waals surface area contributed by atoms with E-state index in [-0.39, 0.29) is 0 Å². The standard InChI is InChI=1S/C62H44N4/c1-5-23-47(24-6-1)63(48-25-7-2-8-26-48)51-35-37-52(38-36-51)66-61-41-39-53(64(49-27-9-3-10-28-49)59-33-17-21-45-19-13-15-31-55(45)59)43-57(61)58-44-54(40-42-62(58)66)65(50-29-11-4-12-30-50)60-34-18-22-46-20-14-16-32-56(46)60/h1-44H. The molecule has 0 bridgehead atoms. The van der Waals surface area contributed by atoms with Crippen molar-refractivity contribution in [2.24, 2.45) is 0 Å². The number of hydrogen-bond acceptors (Lipinski definition) is 3. The lowest BCUT2D eigenvalue weighted by Crippen LogP contribution is -2.10. The Bertz CT molecular complexity index is 3410. The second kappa shape index (κ2) is 16.7. The molecule has 12 aromatic rings. The Labute approximate surface area is 384 Å². The molecular weight excluding hydrogens is 801 g/mol. The Morgan fingerprint density at radius 2 is 0.561 bits per heavy atom. The number of fused-ring (bicyclic) bond motifs is 5. The Kier molecular flexibility index (Phi) is 9.81. The van der Waals surface area contributed by atoms with Crippen LogP contribution in [0.25, 0.3) is 49.0 Å². The Morgan fingerprint density at radius 3 is 0.985 bits per heavy atom.